The Bertz CT molecular complexity index is 1350. The van der Waals surface area contributed by atoms with E-state index in [1.807, 2.05) is 6.07 Å². The maximum atomic E-state index is 15.1. The van der Waals surface area contributed by atoms with Gasteiger partial charge >= 0.3 is 22.2 Å². The summed E-state index contributed by atoms with van der Waals surface area (Å²) in [7, 11) is -5.19. The molecule has 1 aliphatic carbocycles. The van der Waals surface area contributed by atoms with Crippen LogP contribution in [0.15, 0.2) is 47.1 Å². The van der Waals surface area contributed by atoms with Crippen molar-refractivity contribution in [3.05, 3.63) is 64.1 Å². The first kappa shape index (κ1) is 25.1. The summed E-state index contributed by atoms with van der Waals surface area (Å²) in [4.78, 5) is 22.0. The first-order valence-corrected chi connectivity index (χ1v) is 12.6. The van der Waals surface area contributed by atoms with E-state index in [2.05, 4.69) is 20.1 Å². The van der Waals surface area contributed by atoms with Gasteiger partial charge in [-0.05, 0) is 48.6 Å². The summed E-state index contributed by atoms with van der Waals surface area (Å²) in [6.45, 7) is 0. The van der Waals surface area contributed by atoms with Crippen molar-refractivity contribution in [1.82, 2.24) is 9.97 Å². The molecule has 0 fully saturated rings. The fourth-order valence-electron chi connectivity index (χ4n) is 3.52. The van der Waals surface area contributed by atoms with Crippen LogP contribution in [-0.2, 0) is 26.1 Å². The summed E-state index contributed by atoms with van der Waals surface area (Å²) in [6, 6.07) is 3.14. The van der Waals surface area contributed by atoms with Crippen LogP contribution in [-0.4, -0.2) is 30.5 Å². The average Bonchev–Trinajstić information content (AvgIpc) is 3.33. The normalized spacial score (nSPS) is 15.9. The number of hydrogen-bond acceptors (Lipinski definition) is 8. The second kappa shape index (κ2) is 9.59. The highest BCUT2D eigenvalue weighted by atomic mass is 35.5. The van der Waals surface area contributed by atoms with E-state index >= 15 is 4.39 Å². The van der Waals surface area contributed by atoms with Gasteiger partial charge in [-0.15, -0.1) is 11.3 Å². The van der Waals surface area contributed by atoms with Gasteiger partial charge in [-0.25, -0.2) is 14.2 Å². The third kappa shape index (κ3) is 5.18. The Kier molecular flexibility index (Phi) is 6.88. The molecule has 3 aromatic rings. The fraction of sp³-hybridized carbons (Fsp3) is 0.250. The Morgan fingerprint density at radius 2 is 2.06 bits per heavy atom. The minimum Gasteiger partial charge on any atom is -0.377 e. The average molecular weight is 551 g/mol. The summed E-state index contributed by atoms with van der Waals surface area (Å²) in [5.41, 5.74) is 2.02. The van der Waals surface area contributed by atoms with Crippen LogP contribution >= 0.6 is 22.9 Å². The number of rotatable bonds is 6. The molecular weight excluding hydrogens is 536 g/mol. The van der Waals surface area contributed by atoms with E-state index in [-0.39, 0.29) is 21.2 Å². The molecule has 0 amide bonds. The molecule has 1 aromatic carbocycles. The van der Waals surface area contributed by atoms with Crippen molar-refractivity contribution >= 4 is 49.7 Å². The molecule has 0 saturated carbocycles. The van der Waals surface area contributed by atoms with Crippen molar-refractivity contribution < 1.29 is 35.6 Å². The van der Waals surface area contributed by atoms with Crippen molar-refractivity contribution in [3.8, 4) is 0 Å². The molecule has 1 unspecified atom stereocenters. The Hall–Kier alpha value is -2.97. The monoisotopic (exact) mass is 550 g/mol. The van der Waals surface area contributed by atoms with Crippen molar-refractivity contribution in [2.45, 2.75) is 36.4 Å². The van der Waals surface area contributed by atoms with E-state index in [1.54, 1.807) is 12.4 Å². The Morgan fingerprint density at radius 1 is 1.29 bits per heavy atom. The number of carbonyl (C=O) groups is 1. The molecule has 2 heterocycles. The number of benzene rings is 1. The summed E-state index contributed by atoms with van der Waals surface area (Å²) < 4.78 is 79.0. The Labute approximate surface area is 205 Å². The Morgan fingerprint density at radius 3 is 2.74 bits per heavy atom. The van der Waals surface area contributed by atoms with Crippen LogP contribution in [0, 0.1) is 5.82 Å². The summed E-state index contributed by atoms with van der Waals surface area (Å²) >= 11 is 6.79. The lowest BCUT2D eigenvalue weighted by Crippen LogP contribution is -2.39. The number of sulfonamides is 1. The van der Waals surface area contributed by atoms with Crippen molar-refractivity contribution in [2.24, 2.45) is 0 Å². The second-order valence-corrected chi connectivity index (χ2v) is 10.4. The van der Waals surface area contributed by atoms with Crippen molar-refractivity contribution in [1.29, 1.82) is 0 Å². The van der Waals surface area contributed by atoms with Crippen molar-refractivity contribution in [2.75, 3.05) is 9.79 Å². The predicted octanol–water partition coefficient (Wildman–Crippen LogP) is 5.04. The van der Waals surface area contributed by atoms with Crippen LogP contribution in [0.5, 0.6) is 0 Å². The molecule has 1 atom stereocenters. The number of halogens is 5. The molecule has 0 aliphatic heterocycles. The van der Waals surface area contributed by atoms with E-state index in [0.29, 0.717) is 17.8 Å². The number of nitrogens with zero attached hydrogens (tertiary/aromatic N) is 3. The van der Waals surface area contributed by atoms with Crippen LogP contribution in [0.2, 0.25) is 5.02 Å². The van der Waals surface area contributed by atoms with Gasteiger partial charge in [0.1, 0.15) is 10.7 Å². The summed E-state index contributed by atoms with van der Waals surface area (Å²) in [5, 5.41) is 3.43. The van der Waals surface area contributed by atoms with Gasteiger partial charge in [-0.3, -0.25) is 4.98 Å². The maximum Gasteiger partial charge on any atom is 0.493 e. The molecule has 186 valence electrons. The summed E-state index contributed by atoms with van der Waals surface area (Å²) in [5.74, 6) is -4.16. The van der Waals surface area contributed by atoms with Crippen LogP contribution in [0.3, 0.4) is 0 Å². The second-order valence-electron chi connectivity index (χ2n) is 7.35. The van der Waals surface area contributed by atoms with E-state index in [9.17, 15) is 26.4 Å². The zero-order valence-corrected chi connectivity index (χ0v) is 19.8. The van der Waals surface area contributed by atoms with Gasteiger partial charge in [-0.1, -0.05) is 16.1 Å². The highest BCUT2D eigenvalue weighted by molar-refractivity contribution is 7.92. The zero-order chi connectivity index (χ0) is 25.4. The number of pyridine rings is 1. The highest BCUT2D eigenvalue weighted by Crippen LogP contribution is 2.37. The number of aromatic nitrogens is 2. The maximum absolute atomic E-state index is 15.1. The first-order chi connectivity index (χ1) is 16.5. The van der Waals surface area contributed by atoms with Crippen LogP contribution < -0.4 is 9.79 Å². The minimum absolute atomic E-state index is 0.0675. The number of carbonyl (C=O) groups excluding carboxylic acids is 1. The van der Waals surface area contributed by atoms with Gasteiger partial charge in [0.25, 0.3) is 0 Å². The summed E-state index contributed by atoms with van der Waals surface area (Å²) in [6.07, 6.45) is 1.26. The quantitative estimate of drug-likeness (QED) is 0.339. The number of nitrogens with one attached hydrogen (secondary N) is 1. The van der Waals surface area contributed by atoms with Gasteiger partial charge in [0, 0.05) is 24.0 Å². The Balaban J connectivity index is 1.68. The van der Waals surface area contributed by atoms with Gasteiger partial charge in [0.2, 0.25) is 5.13 Å². The number of fused-ring (bicyclic) bond motifs is 1. The van der Waals surface area contributed by atoms with E-state index in [4.69, 9.17) is 11.6 Å². The molecule has 0 bridgehead atoms. The van der Waals surface area contributed by atoms with Crippen LogP contribution in [0.1, 0.15) is 30.0 Å². The number of thiazole rings is 1. The first-order valence-electron chi connectivity index (χ1n) is 9.91. The van der Waals surface area contributed by atoms with E-state index < -0.39 is 38.0 Å². The molecule has 8 nitrogen and oxygen atoms in total. The lowest BCUT2D eigenvalue weighted by atomic mass is 9.89. The minimum atomic E-state index is -5.51. The lowest BCUT2D eigenvalue weighted by Gasteiger charge is -2.27. The molecule has 2 aromatic heterocycles. The SMILES string of the molecule is O=C(ON(c1nccs1)S(=O)(=O)c1cc(Cl)c(NC2CCCc3ccncc32)cc1F)C(F)(F)F. The van der Waals surface area contributed by atoms with Crippen LogP contribution in [0.25, 0.3) is 0 Å². The van der Waals surface area contributed by atoms with Gasteiger partial charge in [0.05, 0.1) is 16.8 Å². The predicted molar refractivity (Wildman–Crippen MR) is 119 cm³/mol. The topological polar surface area (TPSA) is 101 Å². The third-order valence-electron chi connectivity index (χ3n) is 5.08. The highest BCUT2D eigenvalue weighted by Gasteiger charge is 2.46. The fourth-order valence-corrected chi connectivity index (χ4v) is 5.88. The molecule has 15 heteroatoms. The number of alkyl halides is 3. The van der Waals surface area contributed by atoms with Gasteiger partial charge in [0.15, 0.2) is 0 Å². The van der Waals surface area contributed by atoms with E-state index in [1.165, 1.54) is 5.38 Å². The standard InChI is InChI=1S/C20H15ClF4N4O4S2/c21-13-8-17(35(31,32)29(19-27-6-7-34-19)33-18(30)20(23,24)25)14(22)9-16(13)28-15-3-1-2-11-4-5-26-10-12(11)15/h4-10,15,28H,1-3H2. The molecule has 1 aliphatic rings. The molecule has 1 N–H and O–H groups in total. The molecular formula is C20H15ClF4N4O4S2. The molecule has 4 rings (SSSR count). The third-order valence-corrected chi connectivity index (χ3v) is 7.80. The number of anilines is 2. The van der Waals surface area contributed by atoms with Gasteiger partial charge < -0.3 is 10.2 Å². The molecule has 0 saturated heterocycles. The number of aryl methyl sites for hydroxylation is 1. The largest absolute Gasteiger partial charge is 0.493 e. The lowest BCUT2D eigenvalue weighted by molar-refractivity contribution is -0.199. The van der Waals surface area contributed by atoms with Gasteiger partial charge in [-0.2, -0.15) is 21.6 Å². The molecule has 35 heavy (non-hydrogen) atoms. The molecule has 0 spiro atoms. The number of hydrogen-bond donors (Lipinski definition) is 1. The smallest absolute Gasteiger partial charge is 0.377 e. The zero-order valence-electron chi connectivity index (χ0n) is 17.4. The molecule has 0 radical (unpaired) electrons. The van der Waals surface area contributed by atoms with Crippen molar-refractivity contribution in [3.63, 3.8) is 0 Å². The van der Waals surface area contributed by atoms with Crippen LogP contribution in [0.4, 0.5) is 28.4 Å². The van der Waals surface area contributed by atoms with E-state index in [0.717, 1.165) is 42.3 Å².